The zero-order chi connectivity index (χ0) is 12.4. The number of rotatable bonds is 3. The predicted molar refractivity (Wildman–Crippen MR) is 65.9 cm³/mol. The van der Waals surface area contributed by atoms with E-state index in [0.29, 0.717) is 11.4 Å². The molecule has 0 saturated carbocycles. The molecule has 0 atom stereocenters. The molecule has 0 radical (unpaired) electrons. The summed E-state index contributed by atoms with van der Waals surface area (Å²) in [7, 11) is 0. The molecule has 0 unspecified atom stereocenters. The molecule has 0 aliphatic carbocycles. The quantitative estimate of drug-likeness (QED) is 0.872. The number of aromatic amines is 1. The minimum absolute atomic E-state index is 0.0734. The molecule has 5 nitrogen and oxygen atoms in total. The average Bonchev–Trinajstić information content (AvgIpc) is 2.80. The maximum atomic E-state index is 11.8. The van der Waals surface area contributed by atoms with Crippen LogP contribution in [0.1, 0.15) is 25.1 Å². The summed E-state index contributed by atoms with van der Waals surface area (Å²) < 4.78 is 1.95. The van der Waals surface area contributed by atoms with Crippen LogP contribution in [0.15, 0.2) is 17.3 Å². The van der Waals surface area contributed by atoms with Crippen molar-refractivity contribution in [2.75, 3.05) is 0 Å². The third-order valence-corrected chi connectivity index (χ3v) is 2.88. The molecule has 2 aromatic rings. The van der Waals surface area contributed by atoms with Gasteiger partial charge >= 0.3 is 0 Å². The van der Waals surface area contributed by atoms with Gasteiger partial charge in [-0.05, 0) is 20.3 Å². The second-order valence-corrected chi connectivity index (χ2v) is 3.90. The van der Waals surface area contributed by atoms with Gasteiger partial charge in [0.1, 0.15) is 5.69 Å². The lowest BCUT2D eigenvalue weighted by Crippen LogP contribution is -2.16. The van der Waals surface area contributed by atoms with E-state index in [4.69, 9.17) is 0 Å². The normalized spacial score (nSPS) is 10.8. The molecular weight excluding hydrogens is 216 g/mol. The Bertz CT molecular complexity index is 582. The second kappa shape index (κ2) is 4.53. The molecule has 5 heteroatoms. The van der Waals surface area contributed by atoms with Crippen molar-refractivity contribution < 1.29 is 0 Å². The van der Waals surface area contributed by atoms with E-state index >= 15 is 0 Å². The molecule has 0 fully saturated rings. The summed E-state index contributed by atoms with van der Waals surface area (Å²) in [6.45, 7) is 6.62. The van der Waals surface area contributed by atoms with Crippen molar-refractivity contribution in [3.05, 3.63) is 34.1 Å². The van der Waals surface area contributed by atoms with E-state index in [1.54, 1.807) is 19.4 Å². The van der Waals surface area contributed by atoms with Gasteiger partial charge in [-0.1, -0.05) is 6.92 Å². The summed E-state index contributed by atoms with van der Waals surface area (Å²) in [5, 5.41) is 0. The van der Waals surface area contributed by atoms with Crippen LogP contribution in [0.3, 0.4) is 0 Å². The molecule has 0 aliphatic rings. The van der Waals surface area contributed by atoms with Gasteiger partial charge in [0.2, 0.25) is 0 Å². The van der Waals surface area contributed by atoms with Crippen LogP contribution < -0.4 is 5.56 Å². The molecule has 0 aliphatic heterocycles. The van der Waals surface area contributed by atoms with Crippen molar-refractivity contribution in [3.8, 4) is 11.5 Å². The zero-order valence-corrected chi connectivity index (χ0v) is 10.3. The maximum Gasteiger partial charge on any atom is 0.254 e. The Morgan fingerprint density at radius 2 is 2.18 bits per heavy atom. The van der Waals surface area contributed by atoms with Gasteiger partial charge in [0, 0.05) is 12.1 Å². The average molecular weight is 232 g/mol. The van der Waals surface area contributed by atoms with Gasteiger partial charge in [0.25, 0.3) is 5.56 Å². The van der Waals surface area contributed by atoms with Gasteiger partial charge in [0.05, 0.1) is 18.2 Å². The largest absolute Gasteiger partial charge is 0.328 e. The first-order chi connectivity index (χ1) is 8.17. The SMILES string of the molecule is CCc1nc(-c2cncn2CC)[nH]c(=O)c1C. The van der Waals surface area contributed by atoms with E-state index in [9.17, 15) is 4.79 Å². The molecule has 17 heavy (non-hydrogen) atoms. The van der Waals surface area contributed by atoms with Gasteiger partial charge < -0.3 is 9.55 Å². The highest BCUT2D eigenvalue weighted by atomic mass is 16.1. The van der Waals surface area contributed by atoms with Crippen LogP contribution in [0.5, 0.6) is 0 Å². The van der Waals surface area contributed by atoms with Gasteiger partial charge in [-0.3, -0.25) is 4.79 Å². The van der Waals surface area contributed by atoms with Crippen molar-refractivity contribution >= 4 is 0 Å². The van der Waals surface area contributed by atoms with Crippen LogP contribution in [0.4, 0.5) is 0 Å². The van der Waals surface area contributed by atoms with Crippen LogP contribution >= 0.6 is 0 Å². The van der Waals surface area contributed by atoms with Gasteiger partial charge in [-0.25, -0.2) is 9.97 Å². The summed E-state index contributed by atoms with van der Waals surface area (Å²) in [5.74, 6) is 0.594. The first kappa shape index (κ1) is 11.6. The lowest BCUT2D eigenvalue weighted by atomic mass is 10.2. The van der Waals surface area contributed by atoms with E-state index in [0.717, 1.165) is 24.4 Å². The molecule has 1 N–H and O–H groups in total. The summed E-state index contributed by atoms with van der Waals surface area (Å²) in [4.78, 5) is 23.2. The Balaban J connectivity index is 2.61. The summed E-state index contributed by atoms with van der Waals surface area (Å²) in [5.41, 5.74) is 2.31. The Labute approximate surface area is 99.6 Å². The number of aryl methyl sites for hydroxylation is 2. The Hall–Kier alpha value is -1.91. The first-order valence-electron chi connectivity index (χ1n) is 5.77. The molecule has 0 aromatic carbocycles. The molecular formula is C12H16N4O. The van der Waals surface area contributed by atoms with Gasteiger partial charge in [0.15, 0.2) is 5.82 Å². The molecule has 0 bridgehead atoms. The predicted octanol–water partition coefficient (Wildman–Crippen LogP) is 1.52. The van der Waals surface area contributed by atoms with Crippen molar-refractivity contribution in [3.63, 3.8) is 0 Å². The first-order valence-corrected chi connectivity index (χ1v) is 5.77. The number of hydrogen-bond donors (Lipinski definition) is 1. The number of H-pyrrole nitrogens is 1. The highest BCUT2D eigenvalue weighted by Gasteiger charge is 2.10. The molecule has 2 heterocycles. The molecule has 2 aromatic heterocycles. The zero-order valence-electron chi connectivity index (χ0n) is 10.3. The molecule has 0 spiro atoms. The summed E-state index contributed by atoms with van der Waals surface area (Å²) in [6.07, 6.45) is 4.21. The minimum Gasteiger partial charge on any atom is -0.328 e. The van der Waals surface area contributed by atoms with Gasteiger partial charge in [-0.2, -0.15) is 0 Å². The van der Waals surface area contributed by atoms with Crippen LogP contribution in [-0.4, -0.2) is 19.5 Å². The minimum atomic E-state index is -0.0734. The van der Waals surface area contributed by atoms with E-state index in [1.165, 1.54) is 0 Å². The number of imidazole rings is 1. The summed E-state index contributed by atoms with van der Waals surface area (Å²) >= 11 is 0. The second-order valence-electron chi connectivity index (χ2n) is 3.90. The third-order valence-electron chi connectivity index (χ3n) is 2.88. The fraction of sp³-hybridized carbons (Fsp3) is 0.417. The molecule has 0 amide bonds. The lowest BCUT2D eigenvalue weighted by Gasteiger charge is -2.07. The molecule has 90 valence electrons. The van der Waals surface area contributed by atoms with Crippen LogP contribution in [-0.2, 0) is 13.0 Å². The molecule has 2 rings (SSSR count). The van der Waals surface area contributed by atoms with Crippen molar-refractivity contribution in [2.45, 2.75) is 33.7 Å². The summed E-state index contributed by atoms with van der Waals surface area (Å²) in [6, 6.07) is 0. The number of aromatic nitrogens is 4. The van der Waals surface area contributed by atoms with E-state index < -0.39 is 0 Å². The lowest BCUT2D eigenvalue weighted by molar-refractivity contribution is 0.761. The van der Waals surface area contributed by atoms with E-state index in [2.05, 4.69) is 15.0 Å². The van der Waals surface area contributed by atoms with E-state index in [1.807, 2.05) is 18.4 Å². The molecule has 0 saturated heterocycles. The van der Waals surface area contributed by atoms with Crippen LogP contribution in [0.2, 0.25) is 0 Å². The standard InChI is InChI=1S/C12H16N4O/c1-4-9-8(3)12(17)15-11(14-9)10-6-13-7-16(10)5-2/h6-7H,4-5H2,1-3H3,(H,14,15,17). The van der Waals surface area contributed by atoms with Crippen LogP contribution in [0, 0.1) is 6.92 Å². The smallest absolute Gasteiger partial charge is 0.254 e. The number of hydrogen-bond acceptors (Lipinski definition) is 3. The van der Waals surface area contributed by atoms with Crippen LogP contribution in [0.25, 0.3) is 11.5 Å². The monoisotopic (exact) mass is 232 g/mol. The Morgan fingerprint density at radius 3 is 2.82 bits per heavy atom. The van der Waals surface area contributed by atoms with Crippen molar-refractivity contribution in [1.82, 2.24) is 19.5 Å². The highest BCUT2D eigenvalue weighted by Crippen LogP contribution is 2.14. The fourth-order valence-corrected chi connectivity index (χ4v) is 1.81. The van der Waals surface area contributed by atoms with Gasteiger partial charge in [-0.15, -0.1) is 0 Å². The maximum absolute atomic E-state index is 11.8. The van der Waals surface area contributed by atoms with Crippen molar-refractivity contribution in [2.24, 2.45) is 0 Å². The fourth-order valence-electron chi connectivity index (χ4n) is 1.81. The number of nitrogens with one attached hydrogen (secondary N) is 1. The topological polar surface area (TPSA) is 63.6 Å². The Kier molecular flexibility index (Phi) is 3.08. The number of nitrogens with zero attached hydrogens (tertiary/aromatic N) is 3. The highest BCUT2D eigenvalue weighted by molar-refractivity contribution is 5.48. The Morgan fingerprint density at radius 1 is 1.41 bits per heavy atom. The third kappa shape index (κ3) is 2.00. The van der Waals surface area contributed by atoms with E-state index in [-0.39, 0.29) is 5.56 Å². The van der Waals surface area contributed by atoms with Crippen molar-refractivity contribution in [1.29, 1.82) is 0 Å².